The van der Waals surface area contributed by atoms with E-state index in [1.807, 2.05) is 12.1 Å². The van der Waals surface area contributed by atoms with Crippen LogP contribution in [0.2, 0.25) is 0 Å². The largest absolute Gasteiger partial charge is 0.340 e. The Bertz CT molecular complexity index is 617. The molecule has 1 saturated carbocycles. The van der Waals surface area contributed by atoms with E-state index in [1.165, 1.54) is 37.8 Å². The zero-order chi connectivity index (χ0) is 17.9. The molecule has 0 spiro atoms. The summed E-state index contributed by atoms with van der Waals surface area (Å²) in [4.78, 5) is 17.4. The minimum atomic E-state index is -0.189. The highest BCUT2D eigenvalue weighted by Gasteiger charge is 2.39. The fourth-order valence-corrected chi connectivity index (χ4v) is 4.93. The first-order chi connectivity index (χ1) is 12.7. The third-order valence-electron chi connectivity index (χ3n) is 6.38. The number of benzene rings is 1. The number of carbonyl (C=O) groups excluding carboxylic acids is 1. The van der Waals surface area contributed by atoms with Crippen molar-refractivity contribution < 1.29 is 9.18 Å². The van der Waals surface area contributed by atoms with Gasteiger partial charge in [0, 0.05) is 38.8 Å². The molecular formula is C21H32Cl2FN3O. The van der Waals surface area contributed by atoms with Gasteiger partial charge in [0.05, 0.1) is 6.04 Å². The summed E-state index contributed by atoms with van der Waals surface area (Å²) in [7, 11) is 0. The van der Waals surface area contributed by atoms with Crippen molar-refractivity contribution in [2.24, 2.45) is 5.92 Å². The van der Waals surface area contributed by atoms with E-state index in [0.29, 0.717) is 17.9 Å². The van der Waals surface area contributed by atoms with E-state index in [4.69, 9.17) is 0 Å². The van der Waals surface area contributed by atoms with Crippen molar-refractivity contribution >= 4 is 30.7 Å². The molecule has 158 valence electrons. The highest BCUT2D eigenvalue weighted by Crippen LogP contribution is 2.33. The molecular weight excluding hydrogens is 400 g/mol. The Hall–Kier alpha value is -0.880. The second kappa shape index (κ2) is 10.8. The summed E-state index contributed by atoms with van der Waals surface area (Å²) in [6, 6.07) is 7.36. The number of amides is 1. The van der Waals surface area contributed by atoms with Crippen molar-refractivity contribution in [3.8, 4) is 0 Å². The first kappa shape index (κ1) is 23.4. The zero-order valence-electron chi connectivity index (χ0n) is 16.3. The molecule has 1 N–H and O–H groups in total. The molecule has 1 aliphatic carbocycles. The molecule has 0 aromatic heterocycles. The molecule has 3 atom stereocenters. The van der Waals surface area contributed by atoms with Crippen molar-refractivity contribution in [1.29, 1.82) is 0 Å². The van der Waals surface area contributed by atoms with E-state index < -0.39 is 0 Å². The summed E-state index contributed by atoms with van der Waals surface area (Å²) in [6.07, 6.45) is 7.18. The average Bonchev–Trinajstić information content (AvgIpc) is 2.96. The summed E-state index contributed by atoms with van der Waals surface area (Å²) < 4.78 is 13.1. The van der Waals surface area contributed by atoms with E-state index in [1.54, 1.807) is 0 Å². The number of rotatable bonds is 3. The molecule has 2 saturated heterocycles. The van der Waals surface area contributed by atoms with E-state index >= 15 is 0 Å². The molecule has 3 aliphatic rings. The number of carbonyl (C=O) groups is 1. The van der Waals surface area contributed by atoms with Gasteiger partial charge in [0.25, 0.3) is 0 Å². The standard InChI is InChI=1S/C21H30FN3O.2ClH/c22-18-8-6-16(7-9-18)15-24-10-3-11-25(13-12-24)21(26)20-14-17-4-1-2-5-19(17)23-20;;/h6-9,17,19-20,23H,1-5,10-15H2;2*1H. The van der Waals surface area contributed by atoms with E-state index in [9.17, 15) is 9.18 Å². The third kappa shape index (κ3) is 5.59. The Kier molecular flexibility index (Phi) is 9.00. The predicted molar refractivity (Wildman–Crippen MR) is 115 cm³/mol. The van der Waals surface area contributed by atoms with Crippen LogP contribution in [0, 0.1) is 11.7 Å². The molecule has 2 heterocycles. The van der Waals surface area contributed by atoms with Crippen molar-refractivity contribution in [3.05, 3.63) is 35.6 Å². The topological polar surface area (TPSA) is 35.6 Å². The first-order valence-electron chi connectivity index (χ1n) is 10.2. The second-order valence-electron chi connectivity index (χ2n) is 8.19. The maximum atomic E-state index is 13.1. The normalized spacial score (nSPS) is 27.9. The molecule has 1 aromatic rings. The Morgan fingerprint density at radius 2 is 1.75 bits per heavy atom. The maximum absolute atomic E-state index is 13.1. The lowest BCUT2D eigenvalue weighted by molar-refractivity contribution is -0.133. The molecule has 3 unspecified atom stereocenters. The molecule has 4 rings (SSSR count). The van der Waals surface area contributed by atoms with Gasteiger partial charge < -0.3 is 10.2 Å². The van der Waals surface area contributed by atoms with Crippen LogP contribution in [0.15, 0.2) is 24.3 Å². The third-order valence-corrected chi connectivity index (χ3v) is 6.38. The highest BCUT2D eigenvalue weighted by molar-refractivity contribution is 5.85. The van der Waals surface area contributed by atoms with Gasteiger partial charge in [-0.2, -0.15) is 0 Å². The minimum absolute atomic E-state index is 0. The maximum Gasteiger partial charge on any atom is 0.239 e. The van der Waals surface area contributed by atoms with Crippen LogP contribution in [0.3, 0.4) is 0 Å². The first-order valence-corrected chi connectivity index (χ1v) is 10.2. The molecule has 0 radical (unpaired) electrons. The van der Waals surface area contributed by atoms with Crippen molar-refractivity contribution in [1.82, 2.24) is 15.1 Å². The monoisotopic (exact) mass is 431 g/mol. The summed E-state index contributed by atoms with van der Waals surface area (Å²) in [5.41, 5.74) is 1.13. The highest BCUT2D eigenvalue weighted by atomic mass is 35.5. The molecule has 1 amide bonds. The van der Waals surface area contributed by atoms with Gasteiger partial charge in [-0.05, 0) is 49.3 Å². The zero-order valence-corrected chi connectivity index (χ0v) is 17.9. The van der Waals surface area contributed by atoms with Gasteiger partial charge in [-0.15, -0.1) is 24.8 Å². The lowest BCUT2D eigenvalue weighted by atomic mass is 9.85. The number of nitrogens with zero attached hydrogens (tertiary/aromatic N) is 2. The molecule has 3 fully saturated rings. The number of halogens is 3. The van der Waals surface area contributed by atoms with Crippen LogP contribution in [0.25, 0.3) is 0 Å². The summed E-state index contributed by atoms with van der Waals surface area (Å²) >= 11 is 0. The van der Waals surface area contributed by atoms with E-state index in [0.717, 1.165) is 51.1 Å². The van der Waals surface area contributed by atoms with Crippen LogP contribution in [-0.4, -0.2) is 54.0 Å². The lowest BCUT2D eigenvalue weighted by Gasteiger charge is -2.25. The SMILES string of the molecule is Cl.Cl.O=C(C1CC2CCCCC2N1)N1CCCN(Cc2ccc(F)cc2)CC1. The van der Waals surface area contributed by atoms with E-state index in [2.05, 4.69) is 15.1 Å². The quantitative estimate of drug-likeness (QED) is 0.793. The van der Waals surface area contributed by atoms with E-state index in [-0.39, 0.29) is 36.7 Å². The van der Waals surface area contributed by atoms with Crippen LogP contribution in [-0.2, 0) is 11.3 Å². The fraction of sp³-hybridized carbons (Fsp3) is 0.667. The molecule has 2 aliphatic heterocycles. The van der Waals surface area contributed by atoms with Gasteiger partial charge >= 0.3 is 0 Å². The van der Waals surface area contributed by atoms with Crippen molar-refractivity contribution in [3.63, 3.8) is 0 Å². The average molecular weight is 432 g/mol. The second-order valence-corrected chi connectivity index (χ2v) is 8.19. The Morgan fingerprint density at radius 1 is 1.00 bits per heavy atom. The fourth-order valence-electron chi connectivity index (χ4n) is 4.93. The number of hydrogen-bond donors (Lipinski definition) is 1. The number of nitrogens with one attached hydrogen (secondary N) is 1. The predicted octanol–water partition coefficient (Wildman–Crippen LogP) is 3.62. The minimum Gasteiger partial charge on any atom is -0.340 e. The van der Waals surface area contributed by atoms with Gasteiger partial charge in [0.2, 0.25) is 5.91 Å². The summed E-state index contributed by atoms with van der Waals surface area (Å²) in [5.74, 6) is 0.828. The van der Waals surface area contributed by atoms with Gasteiger partial charge in [-0.1, -0.05) is 25.0 Å². The molecule has 1 aromatic carbocycles. The Morgan fingerprint density at radius 3 is 2.50 bits per heavy atom. The molecule has 28 heavy (non-hydrogen) atoms. The number of hydrogen-bond acceptors (Lipinski definition) is 3. The summed E-state index contributed by atoms with van der Waals surface area (Å²) in [6.45, 7) is 4.36. The summed E-state index contributed by atoms with van der Waals surface area (Å²) in [5, 5.41) is 3.63. The van der Waals surface area contributed by atoms with Gasteiger partial charge in [0.15, 0.2) is 0 Å². The van der Waals surface area contributed by atoms with Gasteiger partial charge in [0.1, 0.15) is 5.82 Å². The lowest BCUT2D eigenvalue weighted by Crippen LogP contribution is -2.46. The molecule has 4 nitrogen and oxygen atoms in total. The van der Waals surface area contributed by atoms with Crippen molar-refractivity contribution in [2.45, 2.75) is 57.2 Å². The van der Waals surface area contributed by atoms with Crippen LogP contribution in [0.4, 0.5) is 4.39 Å². The van der Waals surface area contributed by atoms with Gasteiger partial charge in [-0.25, -0.2) is 4.39 Å². The molecule has 7 heteroatoms. The van der Waals surface area contributed by atoms with Crippen LogP contribution < -0.4 is 5.32 Å². The van der Waals surface area contributed by atoms with Crippen LogP contribution in [0.5, 0.6) is 0 Å². The Balaban J connectivity index is 0.00000140. The van der Waals surface area contributed by atoms with Crippen molar-refractivity contribution in [2.75, 3.05) is 26.2 Å². The number of fused-ring (bicyclic) bond motifs is 1. The molecule has 0 bridgehead atoms. The van der Waals surface area contributed by atoms with Gasteiger partial charge in [-0.3, -0.25) is 9.69 Å². The van der Waals surface area contributed by atoms with Crippen LogP contribution in [0.1, 0.15) is 44.1 Å². The van der Waals surface area contributed by atoms with Crippen LogP contribution >= 0.6 is 24.8 Å². The Labute approximate surface area is 180 Å². The smallest absolute Gasteiger partial charge is 0.239 e.